The van der Waals surface area contributed by atoms with Gasteiger partial charge in [-0.25, -0.2) is 0 Å². The van der Waals surface area contributed by atoms with E-state index >= 15 is 0 Å². The number of ether oxygens (including phenoxy) is 1. The van der Waals surface area contributed by atoms with Crippen LogP contribution in [0.2, 0.25) is 0 Å². The largest absolute Gasteiger partial charge is 0.363 e. The molecular weight excluding hydrogens is 150 g/mol. The van der Waals surface area contributed by atoms with Crippen LogP contribution in [-0.4, -0.2) is 12.7 Å². The van der Waals surface area contributed by atoms with E-state index in [9.17, 15) is 0 Å². The van der Waals surface area contributed by atoms with Gasteiger partial charge >= 0.3 is 0 Å². The smallest absolute Gasteiger partial charge is 0.143 e. The molecular formula is C10H17NO. The maximum Gasteiger partial charge on any atom is 0.143 e. The highest BCUT2D eigenvalue weighted by atomic mass is 16.5. The lowest BCUT2D eigenvalue weighted by Gasteiger charge is -2.05. The highest BCUT2D eigenvalue weighted by Gasteiger charge is 2.01. The Morgan fingerprint density at radius 2 is 2.17 bits per heavy atom. The molecule has 2 heteroatoms. The number of hydrogen-bond acceptors (Lipinski definition) is 2. The Bertz CT molecular complexity index is 158. The molecule has 1 atom stereocenters. The zero-order valence-corrected chi connectivity index (χ0v) is 7.92. The number of hydrogen-bond donors (Lipinski definition) is 0. The van der Waals surface area contributed by atoms with Gasteiger partial charge in [-0.2, -0.15) is 5.26 Å². The molecule has 0 saturated carbocycles. The van der Waals surface area contributed by atoms with Gasteiger partial charge < -0.3 is 4.74 Å². The zero-order valence-electron chi connectivity index (χ0n) is 7.92. The third-order valence-corrected chi connectivity index (χ3v) is 1.52. The van der Waals surface area contributed by atoms with Crippen LogP contribution in [0.25, 0.3) is 0 Å². The predicted octanol–water partition coefficient (Wildman–Crippen LogP) is 2.66. The lowest BCUT2D eigenvalue weighted by atomic mass is 10.3. The average Bonchev–Trinajstić information content (AvgIpc) is 2.11. The maximum atomic E-state index is 8.54. The van der Waals surface area contributed by atoms with Crippen LogP contribution >= 0.6 is 0 Å². The van der Waals surface area contributed by atoms with Gasteiger partial charge in [0, 0.05) is 0 Å². The fourth-order valence-electron chi connectivity index (χ4n) is 0.809. The molecule has 0 aliphatic carbocycles. The van der Waals surface area contributed by atoms with Crippen molar-refractivity contribution in [3.8, 4) is 6.07 Å². The second kappa shape index (κ2) is 8.29. The molecule has 0 N–H and O–H groups in total. The molecule has 0 heterocycles. The topological polar surface area (TPSA) is 33.0 Å². The lowest BCUT2D eigenvalue weighted by Crippen LogP contribution is -2.08. The van der Waals surface area contributed by atoms with Crippen molar-refractivity contribution in [1.82, 2.24) is 0 Å². The van der Waals surface area contributed by atoms with Crippen molar-refractivity contribution in [3.63, 3.8) is 0 Å². The predicted molar refractivity (Wildman–Crippen MR) is 49.7 cm³/mol. The first-order chi connectivity index (χ1) is 5.85. The minimum absolute atomic E-state index is 0.222. The Kier molecular flexibility index (Phi) is 7.73. The van der Waals surface area contributed by atoms with Gasteiger partial charge in [0.05, 0.1) is 12.7 Å². The molecule has 0 spiro atoms. The van der Waals surface area contributed by atoms with Crippen molar-refractivity contribution < 1.29 is 4.74 Å². The van der Waals surface area contributed by atoms with E-state index in [1.54, 1.807) is 0 Å². The van der Waals surface area contributed by atoms with E-state index in [1.165, 1.54) is 0 Å². The van der Waals surface area contributed by atoms with Gasteiger partial charge in [-0.05, 0) is 19.3 Å². The van der Waals surface area contributed by atoms with Gasteiger partial charge in [-0.1, -0.05) is 26.0 Å². The Balaban J connectivity index is 3.30. The second-order valence-electron chi connectivity index (χ2n) is 2.57. The van der Waals surface area contributed by atoms with Crippen LogP contribution in [0, 0.1) is 11.3 Å². The summed E-state index contributed by atoms with van der Waals surface area (Å²) in [5.41, 5.74) is 0. The molecule has 0 saturated heterocycles. The number of nitriles is 1. The second-order valence-corrected chi connectivity index (χ2v) is 2.57. The minimum Gasteiger partial charge on any atom is -0.363 e. The first kappa shape index (κ1) is 11.2. The van der Waals surface area contributed by atoms with Gasteiger partial charge in [0.15, 0.2) is 0 Å². The molecule has 12 heavy (non-hydrogen) atoms. The van der Waals surface area contributed by atoms with E-state index in [2.05, 4.69) is 25.1 Å². The molecule has 0 aliphatic heterocycles. The Morgan fingerprint density at radius 1 is 1.42 bits per heavy atom. The summed E-state index contributed by atoms with van der Waals surface area (Å²) in [6.07, 6.45) is 6.72. The van der Waals surface area contributed by atoms with Gasteiger partial charge in [-0.15, -0.1) is 0 Å². The number of rotatable bonds is 6. The fraction of sp³-hybridized carbons (Fsp3) is 0.700. The Hall–Kier alpha value is -0.810. The molecule has 0 bridgehead atoms. The normalized spacial score (nSPS) is 13.1. The molecule has 0 aromatic heterocycles. The quantitative estimate of drug-likeness (QED) is 0.450. The molecule has 0 amide bonds. The molecule has 68 valence electrons. The van der Waals surface area contributed by atoms with E-state index in [1.807, 2.05) is 6.92 Å². The van der Waals surface area contributed by atoms with Crippen LogP contribution < -0.4 is 0 Å². The first-order valence-electron chi connectivity index (χ1n) is 4.51. The van der Waals surface area contributed by atoms with E-state index in [0.29, 0.717) is 6.61 Å². The summed E-state index contributed by atoms with van der Waals surface area (Å²) in [5.74, 6) is 0. The van der Waals surface area contributed by atoms with Crippen LogP contribution in [-0.2, 0) is 4.74 Å². The fourth-order valence-corrected chi connectivity index (χ4v) is 0.809. The van der Waals surface area contributed by atoms with Crippen molar-refractivity contribution in [2.24, 2.45) is 0 Å². The van der Waals surface area contributed by atoms with Crippen LogP contribution in [0.1, 0.15) is 33.1 Å². The number of nitrogens with zero attached hydrogens (tertiary/aromatic N) is 1. The summed E-state index contributed by atoms with van der Waals surface area (Å²) in [6.45, 7) is 4.71. The Morgan fingerprint density at radius 3 is 2.67 bits per heavy atom. The molecule has 0 aliphatic rings. The third-order valence-electron chi connectivity index (χ3n) is 1.52. The van der Waals surface area contributed by atoms with Crippen molar-refractivity contribution >= 4 is 0 Å². The van der Waals surface area contributed by atoms with E-state index < -0.39 is 0 Å². The molecule has 1 unspecified atom stereocenters. The van der Waals surface area contributed by atoms with Crippen molar-refractivity contribution in [2.45, 2.75) is 39.2 Å². The maximum absolute atomic E-state index is 8.54. The third kappa shape index (κ3) is 5.94. The van der Waals surface area contributed by atoms with Gasteiger partial charge in [0.1, 0.15) is 6.10 Å². The number of allylic oxidation sites excluding steroid dienone is 1. The molecule has 0 fully saturated rings. The molecule has 2 nitrogen and oxygen atoms in total. The lowest BCUT2D eigenvalue weighted by molar-refractivity contribution is 0.0914. The monoisotopic (exact) mass is 167 g/mol. The highest BCUT2D eigenvalue weighted by Crippen LogP contribution is 1.97. The molecule has 0 aromatic rings. The minimum atomic E-state index is -0.222. The van der Waals surface area contributed by atoms with Crippen LogP contribution in [0.5, 0.6) is 0 Å². The summed E-state index contributed by atoms with van der Waals surface area (Å²) >= 11 is 0. The van der Waals surface area contributed by atoms with Crippen LogP contribution in [0.3, 0.4) is 0 Å². The first-order valence-corrected chi connectivity index (χ1v) is 4.51. The summed E-state index contributed by atoms with van der Waals surface area (Å²) in [6, 6.07) is 2.10. The SMILES string of the molecule is CC/C=C\CCOC(C#N)CC. The van der Waals surface area contributed by atoms with Crippen molar-refractivity contribution in [2.75, 3.05) is 6.61 Å². The Labute approximate surface area is 74.8 Å². The van der Waals surface area contributed by atoms with E-state index in [0.717, 1.165) is 19.3 Å². The zero-order chi connectivity index (χ0) is 9.23. The highest BCUT2D eigenvalue weighted by molar-refractivity contribution is 4.84. The van der Waals surface area contributed by atoms with Crippen LogP contribution in [0.4, 0.5) is 0 Å². The molecule has 0 radical (unpaired) electrons. The van der Waals surface area contributed by atoms with E-state index in [4.69, 9.17) is 10.00 Å². The average molecular weight is 167 g/mol. The van der Waals surface area contributed by atoms with Gasteiger partial charge in [-0.3, -0.25) is 0 Å². The molecule has 0 rings (SSSR count). The molecule has 0 aromatic carbocycles. The van der Waals surface area contributed by atoms with Gasteiger partial charge in [0.2, 0.25) is 0 Å². The summed E-state index contributed by atoms with van der Waals surface area (Å²) < 4.78 is 5.27. The van der Waals surface area contributed by atoms with Crippen molar-refractivity contribution in [3.05, 3.63) is 12.2 Å². The standard InChI is InChI=1S/C10H17NO/c1-3-5-6-7-8-12-10(4-2)9-11/h5-6,10H,3-4,7-8H2,1-2H3/b6-5-. The van der Waals surface area contributed by atoms with Crippen molar-refractivity contribution in [1.29, 1.82) is 5.26 Å². The van der Waals surface area contributed by atoms with Gasteiger partial charge in [0.25, 0.3) is 0 Å². The van der Waals surface area contributed by atoms with Crippen LogP contribution in [0.15, 0.2) is 12.2 Å². The summed E-state index contributed by atoms with van der Waals surface area (Å²) in [4.78, 5) is 0. The van der Waals surface area contributed by atoms with E-state index in [-0.39, 0.29) is 6.10 Å². The summed E-state index contributed by atoms with van der Waals surface area (Å²) in [7, 11) is 0. The summed E-state index contributed by atoms with van der Waals surface area (Å²) in [5, 5.41) is 8.54.